The molecule has 7 nitrogen and oxygen atoms in total. The van der Waals surface area contributed by atoms with Crippen molar-refractivity contribution in [2.45, 2.75) is 31.7 Å². The molecule has 0 radical (unpaired) electrons. The van der Waals surface area contributed by atoms with Crippen molar-refractivity contribution in [3.8, 4) is 0 Å². The molecule has 2 aromatic rings. The van der Waals surface area contributed by atoms with E-state index in [0.717, 1.165) is 44.1 Å². The third kappa shape index (κ3) is 9.04. The minimum Gasteiger partial charge on any atom is -0.372 e. The van der Waals surface area contributed by atoms with Crippen LogP contribution in [0.25, 0.3) is 0 Å². The number of anilines is 1. The van der Waals surface area contributed by atoms with Crippen LogP contribution >= 0.6 is 24.0 Å². The molecule has 0 amide bonds. The molecule has 2 rings (SSSR count). The first-order valence-corrected chi connectivity index (χ1v) is 11.8. The van der Waals surface area contributed by atoms with Gasteiger partial charge in [0.05, 0.1) is 11.4 Å². The van der Waals surface area contributed by atoms with Gasteiger partial charge in [0.1, 0.15) is 0 Å². The van der Waals surface area contributed by atoms with E-state index >= 15 is 0 Å². The third-order valence-electron chi connectivity index (χ3n) is 4.64. The summed E-state index contributed by atoms with van der Waals surface area (Å²) in [6, 6.07) is 17.2. The number of hydrogen-bond acceptors (Lipinski definition) is 4. The van der Waals surface area contributed by atoms with Crippen molar-refractivity contribution in [1.29, 1.82) is 0 Å². The molecule has 31 heavy (non-hydrogen) atoms. The van der Waals surface area contributed by atoms with Gasteiger partial charge in [0, 0.05) is 31.9 Å². The van der Waals surface area contributed by atoms with Gasteiger partial charge in [-0.15, -0.1) is 24.0 Å². The monoisotopic (exact) mass is 559 g/mol. The summed E-state index contributed by atoms with van der Waals surface area (Å²) < 4.78 is 26.3. The van der Waals surface area contributed by atoms with Crippen LogP contribution in [0.4, 0.5) is 5.69 Å². The Balaban J connectivity index is 0.00000480. The van der Waals surface area contributed by atoms with Gasteiger partial charge in [0.2, 0.25) is 10.0 Å². The Hall–Kier alpha value is -1.85. The average molecular weight is 560 g/mol. The summed E-state index contributed by atoms with van der Waals surface area (Å²) >= 11 is 0. The van der Waals surface area contributed by atoms with E-state index in [2.05, 4.69) is 56.4 Å². The summed E-state index contributed by atoms with van der Waals surface area (Å²) in [5.41, 5.74) is 2.07. The number of nitrogens with one attached hydrogen (secondary N) is 3. The summed E-state index contributed by atoms with van der Waals surface area (Å²) in [4.78, 5) is 7.19. The van der Waals surface area contributed by atoms with Crippen molar-refractivity contribution in [2.75, 3.05) is 38.1 Å². The summed E-state index contributed by atoms with van der Waals surface area (Å²) in [5, 5.41) is 6.60. The predicted molar refractivity (Wildman–Crippen MR) is 140 cm³/mol. The van der Waals surface area contributed by atoms with Crippen LogP contribution in [0.3, 0.4) is 0 Å². The van der Waals surface area contributed by atoms with Gasteiger partial charge in [0.15, 0.2) is 5.96 Å². The molecule has 0 fully saturated rings. The Bertz CT molecular complexity index is 907. The van der Waals surface area contributed by atoms with Crippen LogP contribution in [0.15, 0.2) is 64.5 Å². The fourth-order valence-corrected chi connectivity index (χ4v) is 3.83. The number of benzene rings is 2. The highest BCUT2D eigenvalue weighted by Crippen LogP contribution is 2.13. The second-order valence-electron chi connectivity index (χ2n) is 6.75. The smallest absolute Gasteiger partial charge is 0.240 e. The topological polar surface area (TPSA) is 85.8 Å². The molecule has 0 heterocycles. The minimum atomic E-state index is -3.46. The molecule has 0 saturated heterocycles. The van der Waals surface area contributed by atoms with Gasteiger partial charge in [-0.05, 0) is 57.1 Å². The summed E-state index contributed by atoms with van der Waals surface area (Å²) in [5.74, 6) is 0.724. The first-order valence-electron chi connectivity index (χ1n) is 10.3. The van der Waals surface area contributed by atoms with Crippen LogP contribution in [-0.2, 0) is 16.6 Å². The van der Waals surface area contributed by atoms with Crippen molar-refractivity contribution in [3.63, 3.8) is 0 Å². The minimum absolute atomic E-state index is 0. The van der Waals surface area contributed by atoms with Gasteiger partial charge >= 0.3 is 0 Å². The van der Waals surface area contributed by atoms with E-state index in [1.165, 1.54) is 12.7 Å². The van der Waals surface area contributed by atoms with Crippen molar-refractivity contribution in [3.05, 3.63) is 60.2 Å². The van der Waals surface area contributed by atoms with Crippen LogP contribution in [0.2, 0.25) is 0 Å². The fraction of sp³-hybridized carbons (Fsp3) is 0.409. The van der Waals surface area contributed by atoms with E-state index in [1.807, 2.05) is 19.1 Å². The van der Waals surface area contributed by atoms with Gasteiger partial charge in [-0.1, -0.05) is 30.3 Å². The molecule has 0 aliphatic rings. The quantitative estimate of drug-likeness (QED) is 0.171. The molecule has 0 atom stereocenters. The lowest BCUT2D eigenvalue weighted by atomic mass is 10.2. The summed E-state index contributed by atoms with van der Waals surface area (Å²) in [6.45, 7) is 8.04. The molecule has 2 aromatic carbocycles. The maximum absolute atomic E-state index is 12.0. The average Bonchev–Trinajstić information content (AvgIpc) is 2.78. The van der Waals surface area contributed by atoms with Gasteiger partial charge in [-0.2, -0.15) is 0 Å². The van der Waals surface area contributed by atoms with Crippen molar-refractivity contribution >= 4 is 45.6 Å². The zero-order chi connectivity index (χ0) is 21.8. The van der Waals surface area contributed by atoms with E-state index in [0.29, 0.717) is 6.54 Å². The fourth-order valence-electron chi connectivity index (χ4n) is 3.03. The van der Waals surface area contributed by atoms with Crippen LogP contribution < -0.4 is 20.3 Å². The first-order chi connectivity index (χ1) is 14.5. The SMILES string of the molecule is CCNC(=NCc1cccc(S(=O)(=O)NC)c1)NCCCN(CC)c1ccccc1.I. The molecule has 0 bridgehead atoms. The third-order valence-corrected chi connectivity index (χ3v) is 6.05. The van der Waals surface area contributed by atoms with Crippen molar-refractivity contribution < 1.29 is 8.42 Å². The lowest BCUT2D eigenvalue weighted by Crippen LogP contribution is -2.38. The van der Waals surface area contributed by atoms with Gasteiger partial charge < -0.3 is 15.5 Å². The van der Waals surface area contributed by atoms with Crippen molar-refractivity contribution in [2.24, 2.45) is 4.99 Å². The van der Waals surface area contributed by atoms with E-state index in [4.69, 9.17) is 0 Å². The highest BCUT2D eigenvalue weighted by atomic mass is 127. The van der Waals surface area contributed by atoms with E-state index in [1.54, 1.807) is 18.2 Å². The number of sulfonamides is 1. The molecule has 0 aromatic heterocycles. The molecule has 3 N–H and O–H groups in total. The number of rotatable bonds is 11. The normalized spacial score (nSPS) is 11.5. The van der Waals surface area contributed by atoms with Gasteiger partial charge in [-0.25, -0.2) is 18.1 Å². The first kappa shape index (κ1) is 27.2. The summed E-state index contributed by atoms with van der Waals surface area (Å²) in [6.07, 6.45) is 0.975. The Labute approximate surface area is 203 Å². The number of nitrogens with zero attached hydrogens (tertiary/aromatic N) is 2. The molecule has 0 aliphatic carbocycles. The maximum Gasteiger partial charge on any atom is 0.240 e. The van der Waals surface area contributed by atoms with Crippen molar-refractivity contribution in [1.82, 2.24) is 15.4 Å². The molecule has 0 saturated carbocycles. The van der Waals surface area contributed by atoms with Crippen LogP contribution in [0.1, 0.15) is 25.8 Å². The second kappa shape index (κ2) is 14.3. The van der Waals surface area contributed by atoms with Gasteiger partial charge in [0.25, 0.3) is 0 Å². The zero-order valence-corrected chi connectivity index (χ0v) is 21.6. The molecule has 0 spiro atoms. The molecule has 0 unspecified atom stereocenters. The number of guanidine groups is 1. The van der Waals surface area contributed by atoms with Gasteiger partial charge in [-0.3, -0.25) is 0 Å². The molecular weight excluding hydrogens is 525 g/mol. The van der Waals surface area contributed by atoms with Crippen LogP contribution in [0.5, 0.6) is 0 Å². The summed E-state index contributed by atoms with van der Waals surface area (Å²) in [7, 11) is -2.05. The standard InChI is InChI=1S/C22H33N5O2S.HI/c1-4-24-22(25-15-10-16-27(5-2)20-12-7-6-8-13-20)26-18-19-11-9-14-21(17-19)30(28,29)23-3;/h6-9,11-14,17,23H,4-5,10,15-16,18H2,1-3H3,(H2,24,25,26);1H. The highest BCUT2D eigenvalue weighted by Gasteiger charge is 2.11. The number of para-hydroxylation sites is 1. The van der Waals surface area contributed by atoms with Crippen LogP contribution in [-0.4, -0.2) is 47.6 Å². The second-order valence-corrected chi connectivity index (χ2v) is 8.63. The highest BCUT2D eigenvalue weighted by molar-refractivity contribution is 14.0. The Morgan fingerprint density at radius 3 is 2.42 bits per heavy atom. The van der Waals surface area contributed by atoms with Crippen LogP contribution in [0, 0.1) is 0 Å². The maximum atomic E-state index is 12.0. The molecule has 0 aliphatic heterocycles. The Morgan fingerprint density at radius 1 is 1.03 bits per heavy atom. The largest absolute Gasteiger partial charge is 0.372 e. The molecular formula is C22H34IN5O2S. The Morgan fingerprint density at radius 2 is 1.77 bits per heavy atom. The zero-order valence-electron chi connectivity index (χ0n) is 18.5. The predicted octanol–water partition coefficient (Wildman–Crippen LogP) is 3.18. The lowest BCUT2D eigenvalue weighted by molar-refractivity contribution is 0.588. The lowest BCUT2D eigenvalue weighted by Gasteiger charge is -2.23. The number of aliphatic imine (C=N–C) groups is 1. The molecule has 9 heteroatoms. The molecule has 172 valence electrons. The number of hydrogen-bond donors (Lipinski definition) is 3. The van der Waals surface area contributed by atoms with E-state index in [-0.39, 0.29) is 28.9 Å². The Kier molecular flexibility index (Phi) is 12.5. The van der Waals surface area contributed by atoms with E-state index in [9.17, 15) is 8.42 Å². The number of halogens is 1. The van der Waals surface area contributed by atoms with E-state index < -0.39 is 10.0 Å².